The van der Waals surface area contributed by atoms with E-state index in [0.29, 0.717) is 22.2 Å². The normalized spacial score (nSPS) is 10.5. The first-order valence-electron chi connectivity index (χ1n) is 10.5. The number of non-ortho nitro benzene ring substituents is 1. The molecule has 0 aliphatic carbocycles. The number of furan rings is 1. The van der Waals surface area contributed by atoms with E-state index >= 15 is 0 Å². The lowest BCUT2D eigenvalue weighted by molar-refractivity contribution is -0.384. The van der Waals surface area contributed by atoms with Crippen LogP contribution in [0.3, 0.4) is 0 Å². The van der Waals surface area contributed by atoms with Crippen LogP contribution >= 0.6 is 0 Å². The van der Waals surface area contributed by atoms with Crippen LogP contribution in [0.1, 0.15) is 38.2 Å². The number of nitro groups is 1. The van der Waals surface area contributed by atoms with Gasteiger partial charge in [0, 0.05) is 28.8 Å². The van der Waals surface area contributed by atoms with Crippen molar-refractivity contribution >= 4 is 45.8 Å². The fraction of sp³-hybridized carbons (Fsp3) is 0.0800. The summed E-state index contributed by atoms with van der Waals surface area (Å²) in [6.07, 6.45) is 0. The third-order valence-corrected chi connectivity index (χ3v) is 5.03. The molecule has 0 atom stereocenters. The van der Waals surface area contributed by atoms with E-state index in [9.17, 15) is 24.5 Å². The number of amides is 2. The van der Waals surface area contributed by atoms with Crippen molar-refractivity contribution in [3.05, 3.63) is 99.8 Å². The van der Waals surface area contributed by atoms with Crippen LogP contribution in [0.15, 0.2) is 77.2 Å². The smallest absolute Gasteiger partial charge is 0.338 e. The van der Waals surface area contributed by atoms with Gasteiger partial charge in [-0.2, -0.15) is 0 Å². The van der Waals surface area contributed by atoms with E-state index < -0.39 is 22.7 Å². The fourth-order valence-electron chi connectivity index (χ4n) is 3.34. The van der Waals surface area contributed by atoms with Gasteiger partial charge in [-0.05, 0) is 55.5 Å². The Hall–Kier alpha value is -4.99. The summed E-state index contributed by atoms with van der Waals surface area (Å²) in [5, 5.41) is 16.7. The van der Waals surface area contributed by atoms with Gasteiger partial charge in [0.05, 0.1) is 17.1 Å². The standard InChI is InChI=1S/C25H19N3O7/c1-2-34-25(31)16-7-11-17(12-8-16)26-24(30)22-21(19-5-3-4-6-20(19)35-22)27-23(29)15-9-13-18(14-10-15)28(32)33/h3-14H,2H2,1H3,(H,26,30)(H,27,29). The molecule has 0 aliphatic heterocycles. The van der Waals surface area contributed by atoms with Gasteiger partial charge in [0.2, 0.25) is 5.76 Å². The van der Waals surface area contributed by atoms with Crippen molar-refractivity contribution < 1.29 is 28.5 Å². The fourth-order valence-corrected chi connectivity index (χ4v) is 3.34. The Morgan fingerprint density at radius 1 is 0.886 bits per heavy atom. The summed E-state index contributed by atoms with van der Waals surface area (Å²) in [6, 6.07) is 18.0. The predicted octanol–water partition coefficient (Wildman–Crippen LogP) is 5.02. The van der Waals surface area contributed by atoms with Crippen LogP contribution in [-0.4, -0.2) is 29.3 Å². The van der Waals surface area contributed by atoms with Gasteiger partial charge < -0.3 is 19.8 Å². The number of fused-ring (bicyclic) bond motifs is 1. The van der Waals surface area contributed by atoms with E-state index in [1.54, 1.807) is 43.3 Å². The zero-order valence-electron chi connectivity index (χ0n) is 18.4. The van der Waals surface area contributed by atoms with Gasteiger partial charge in [-0.25, -0.2) is 4.79 Å². The molecule has 10 heteroatoms. The molecule has 10 nitrogen and oxygen atoms in total. The number of nitro benzene ring substituents is 1. The number of nitrogens with one attached hydrogen (secondary N) is 2. The van der Waals surface area contributed by atoms with Gasteiger partial charge in [-0.15, -0.1) is 0 Å². The molecule has 0 bridgehead atoms. The van der Waals surface area contributed by atoms with E-state index in [2.05, 4.69) is 10.6 Å². The quantitative estimate of drug-likeness (QED) is 0.218. The molecule has 1 aromatic heterocycles. The van der Waals surface area contributed by atoms with Gasteiger partial charge in [-0.3, -0.25) is 19.7 Å². The minimum Gasteiger partial charge on any atom is -0.462 e. The number of para-hydroxylation sites is 1. The first-order chi connectivity index (χ1) is 16.9. The number of rotatable bonds is 7. The molecule has 0 radical (unpaired) electrons. The Kier molecular flexibility index (Phi) is 6.54. The van der Waals surface area contributed by atoms with Crippen LogP contribution in [-0.2, 0) is 4.74 Å². The Morgan fingerprint density at radius 3 is 2.20 bits per heavy atom. The molecule has 4 rings (SSSR count). The number of anilines is 2. The van der Waals surface area contributed by atoms with Gasteiger partial charge in [0.25, 0.3) is 17.5 Å². The molecule has 0 unspecified atom stereocenters. The lowest BCUT2D eigenvalue weighted by Crippen LogP contribution is -2.17. The number of benzene rings is 3. The van der Waals surface area contributed by atoms with E-state index in [1.165, 1.54) is 36.4 Å². The maximum absolute atomic E-state index is 13.0. The second-order valence-corrected chi connectivity index (χ2v) is 7.31. The van der Waals surface area contributed by atoms with Gasteiger partial charge >= 0.3 is 5.97 Å². The number of hydrogen-bond acceptors (Lipinski definition) is 7. The molecule has 0 spiro atoms. The molecule has 1 heterocycles. The minimum absolute atomic E-state index is 0.129. The van der Waals surface area contributed by atoms with Crippen molar-refractivity contribution in [3.63, 3.8) is 0 Å². The molecule has 35 heavy (non-hydrogen) atoms. The van der Waals surface area contributed by atoms with Gasteiger partial charge in [0.1, 0.15) is 11.3 Å². The van der Waals surface area contributed by atoms with Crippen molar-refractivity contribution in [2.45, 2.75) is 6.92 Å². The Labute approximate surface area is 198 Å². The van der Waals surface area contributed by atoms with Crippen LogP contribution in [0.25, 0.3) is 11.0 Å². The largest absolute Gasteiger partial charge is 0.462 e. The van der Waals surface area contributed by atoms with Crippen LogP contribution in [0.5, 0.6) is 0 Å². The molecular formula is C25H19N3O7. The highest BCUT2D eigenvalue weighted by molar-refractivity contribution is 6.17. The first-order valence-corrected chi connectivity index (χ1v) is 10.5. The number of nitrogens with zero attached hydrogens (tertiary/aromatic N) is 1. The summed E-state index contributed by atoms with van der Waals surface area (Å²) in [6.45, 7) is 1.95. The average molecular weight is 473 g/mol. The SMILES string of the molecule is CCOC(=O)c1ccc(NC(=O)c2oc3ccccc3c2NC(=O)c2ccc([N+](=O)[O-])cc2)cc1. The van der Waals surface area contributed by atoms with E-state index in [-0.39, 0.29) is 29.3 Å². The highest BCUT2D eigenvalue weighted by atomic mass is 16.6. The lowest BCUT2D eigenvalue weighted by Gasteiger charge is -2.08. The number of esters is 1. The maximum atomic E-state index is 13.0. The second kappa shape index (κ2) is 9.87. The lowest BCUT2D eigenvalue weighted by atomic mass is 10.1. The van der Waals surface area contributed by atoms with Crippen LogP contribution < -0.4 is 10.6 Å². The molecule has 0 saturated carbocycles. The molecule has 0 aliphatic rings. The molecule has 3 aromatic carbocycles. The van der Waals surface area contributed by atoms with E-state index in [1.807, 2.05) is 0 Å². The molecular weight excluding hydrogens is 454 g/mol. The molecule has 2 N–H and O–H groups in total. The second-order valence-electron chi connectivity index (χ2n) is 7.31. The minimum atomic E-state index is -0.621. The molecule has 2 amide bonds. The summed E-state index contributed by atoms with van der Waals surface area (Å²) in [5.41, 5.74) is 1.30. The number of ether oxygens (including phenoxy) is 1. The Morgan fingerprint density at radius 2 is 1.54 bits per heavy atom. The van der Waals surface area contributed by atoms with Crippen LogP contribution in [0.2, 0.25) is 0 Å². The molecule has 0 fully saturated rings. The predicted molar refractivity (Wildman–Crippen MR) is 128 cm³/mol. The van der Waals surface area contributed by atoms with Crippen molar-refractivity contribution in [1.29, 1.82) is 0 Å². The Bertz CT molecular complexity index is 1420. The van der Waals surface area contributed by atoms with Gasteiger partial charge in [-0.1, -0.05) is 12.1 Å². The van der Waals surface area contributed by atoms with E-state index in [0.717, 1.165) is 0 Å². The monoisotopic (exact) mass is 473 g/mol. The van der Waals surface area contributed by atoms with E-state index in [4.69, 9.17) is 9.15 Å². The number of carbonyl (C=O) groups is 3. The zero-order valence-corrected chi connectivity index (χ0v) is 18.4. The Balaban J connectivity index is 1.59. The van der Waals surface area contributed by atoms with Crippen LogP contribution in [0.4, 0.5) is 17.1 Å². The number of carbonyl (C=O) groups excluding carboxylic acids is 3. The zero-order chi connectivity index (χ0) is 24.9. The molecule has 0 saturated heterocycles. The van der Waals surface area contributed by atoms with Crippen molar-refractivity contribution in [2.24, 2.45) is 0 Å². The molecule has 4 aromatic rings. The summed E-state index contributed by atoms with van der Waals surface area (Å²) in [4.78, 5) is 48.0. The van der Waals surface area contributed by atoms with Crippen LogP contribution in [0, 0.1) is 10.1 Å². The average Bonchev–Trinajstić information content (AvgIpc) is 3.23. The van der Waals surface area contributed by atoms with Crippen molar-refractivity contribution in [2.75, 3.05) is 17.2 Å². The van der Waals surface area contributed by atoms with Crippen molar-refractivity contribution in [3.8, 4) is 0 Å². The molecule has 176 valence electrons. The highest BCUT2D eigenvalue weighted by Crippen LogP contribution is 2.32. The highest BCUT2D eigenvalue weighted by Gasteiger charge is 2.23. The van der Waals surface area contributed by atoms with Gasteiger partial charge in [0.15, 0.2) is 0 Å². The topological polar surface area (TPSA) is 141 Å². The summed E-state index contributed by atoms with van der Waals surface area (Å²) in [5.74, 6) is -1.79. The summed E-state index contributed by atoms with van der Waals surface area (Å²) >= 11 is 0. The first kappa shape index (κ1) is 23.2. The van der Waals surface area contributed by atoms with Crippen molar-refractivity contribution in [1.82, 2.24) is 0 Å². The summed E-state index contributed by atoms with van der Waals surface area (Å²) in [7, 11) is 0. The summed E-state index contributed by atoms with van der Waals surface area (Å²) < 4.78 is 10.7. The maximum Gasteiger partial charge on any atom is 0.338 e. The third-order valence-electron chi connectivity index (χ3n) is 5.03. The third kappa shape index (κ3) is 5.01. The number of hydrogen-bond donors (Lipinski definition) is 2.